The molecule has 0 heterocycles. The Morgan fingerprint density at radius 3 is 2.31 bits per heavy atom. The normalized spacial score (nSPS) is 12.6. The molecule has 90 valence electrons. The molecule has 0 unspecified atom stereocenters. The lowest BCUT2D eigenvalue weighted by Gasteiger charge is -2.10. The van der Waals surface area contributed by atoms with E-state index in [0.717, 1.165) is 12.1 Å². The van der Waals surface area contributed by atoms with Gasteiger partial charge >= 0.3 is 6.36 Å². The van der Waals surface area contributed by atoms with Gasteiger partial charge in [-0.15, -0.1) is 13.2 Å². The highest BCUT2D eigenvalue weighted by molar-refractivity contribution is 9.10. The third kappa shape index (κ3) is 3.84. The van der Waals surface area contributed by atoms with Crippen LogP contribution in [-0.2, 0) is 9.05 Å². The van der Waals surface area contributed by atoms with Gasteiger partial charge in [-0.25, -0.2) is 8.42 Å². The Kier molecular flexibility index (Phi) is 3.76. The van der Waals surface area contributed by atoms with Gasteiger partial charge in [0.2, 0.25) is 0 Å². The van der Waals surface area contributed by atoms with Crippen molar-refractivity contribution in [3.8, 4) is 5.75 Å². The summed E-state index contributed by atoms with van der Waals surface area (Å²) in [6.07, 6.45) is -4.91. The van der Waals surface area contributed by atoms with Crippen molar-refractivity contribution >= 4 is 35.7 Å². The largest absolute Gasteiger partial charge is 0.573 e. The van der Waals surface area contributed by atoms with Gasteiger partial charge < -0.3 is 4.74 Å². The maximum atomic E-state index is 11.9. The molecule has 1 aromatic carbocycles. The molecule has 1 aromatic rings. The molecule has 16 heavy (non-hydrogen) atoms. The van der Waals surface area contributed by atoms with E-state index < -0.39 is 26.1 Å². The van der Waals surface area contributed by atoms with E-state index in [9.17, 15) is 21.6 Å². The number of rotatable bonds is 2. The molecule has 0 N–H and O–H groups in total. The van der Waals surface area contributed by atoms with Crippen molar-refractivity contribution in [2.75, 3.05) is 0 Å². The standard InChI is InChI=1S/C7H3BrClF3O3S/c8-5-2-1-4(16(9,13)14)3-6(5)15-7(10,11)12/h1-3H. The maximum Gasteiger partial charge on any atom is 0.573 e. The number of hydrogen-bond donors (Lipinski definition) is 0. The van der Waals surface area contributed by atoms with Crippen molar-refractivity contribution in [3.63, 3.8) is 0 Å². The van der Waals surface area contributed by atoms with Crippen molar-refractivity contribution < 1.29 is 26.3 Å². The molecule has 0 spiro atoms. The molecule has 0 atom stereocenters. The molecule has 3 nitrogen and oxygen atoms in total. The van der Waals surface area contributed by atoms with Crippen LogP contribution in [0.1, 0.15) is 0 Å². The predicted octanol–water partition coefficient (Wildman–Crippen LogP) is 3.28. The monoisotopic (exact) mass is 338 g/mol. The van der Waals surface area contributed by atoms with Gasteiger partial charge in [0, 0.05) is 16.7 Å². The zero-order valence-electron chi connectivity index (χ0n) is 7.25. The van der Waals surface area contributed by atoms with Crippen molar-refractivity contribution in [3.05, 3.63) is 22.7 Å². The Balaban J connectivity index is 3.20. The van der Waals surface area contributed by atoms with Crippen LogP contribution in [0.5, 0.6) is 5.75 Å². The highest BCUT2D eigenvalue weighted by atomic mass is 79.9. The van der Waals surface area contributed by atoms with E-state index in [0.29, 0.717) is 6.07 Å². The molecule has 0 radical (unpaired) electrons. The van der Waals surface area contributed by atoms with Gasteiger partial charge in [-0.2, -0.15) is 0 Å². The quantitative estimate of drug-likeness (QED) is 0.777. The SMILES string of the molecule is O=S(=O)(Cl)c1ccc(Br)c(OC(F)(F)F)c1. The molecule has 0 aliphatic carbocycles. The Morgan fingerprint density at radius 2 is 1.88 bits per heavy atom. The summed E-state index contributed by atoms with van der Waals surface area (Å²) in [5.74, 6) is -0.672. The predicted molar refractivity (Wildman–Crippen MR) is 53.9 cm³/mol. The molecular formula is C7H3BrClF3O3S. The van der Waals surface area contributed by atoms with Crippen LogP contribution >= 0.6 is 26.6 Å². The lowest BCUT2D eigenvalue weighted by Crippen LogP contribution is -2.17. The van der Waals surface area contributed by atoms with Gasteiger partial charge in [-0.3, -0.25) is 0 Å². The van der Waals surface area contributed by atoms with Crippen LogP contribution in [-0.4, -0.2) is 14.8 Å². The summed E-state index contributed by atoms with van der Waals surface area (Å²) in [5.41, 5.74) is 0. The summed E-state index contributed by atoms with van der Waals surface area (Å²) in [6, 6.07) is 2.83. The van der Waals surface area contributed by atoms with Gasteiger partial charge in [0.25, 0.3) is 9.05 Å². The van der Waals surface area contributed by atoms with E-state index in [1.165, 1.54) is 0 Å². The van der Waals surface area contributed by atoms with Crippen LogP contribution in [0.2, 0.25) is 0 Å². The first kappa shape index (κ1) is 13.6. The van der Waals surface area contributed by atoms with E-state index in [1.54, 1.807) is 0 Å². The zero-order valence-corrected chi connectivity index (χ0v) is 10.4. The van der Waals surface area contributed by atoms with E-state index >= 15 is 0 Å². The number of ether oxygens (including phenoxy) is 1. The Labute approximate surface area is 102 Å². The smallest absolute Gasteiger partial charge is 0.405 e. The summed E-state index contributed by atoms with van der Waals surface area (Å²) >= 11 is 2.79. The van der Waals surface area contributed by atoms with E-state index in [2.05, 4.69) is 20.7 Å². The third-order valence-electron chi connectivity index (χ3n) is 1.41. The zero-order chi connectivity index (χ0) is 12.6. The van der Waals surface area contributed by atoms with Gasteiger partial charge in [-0.1, -0.05) is 0 Å². The molecule has 0 aliphatic rings. The Hall–Kier alpha value is -0.470. The number of alkyl halides is 3. The van der Waals surface area contributed by atoms with Crippen LogP contribution in [0, 0.1) is 0 Å². The Morgan fingerprint density at radius 1 is 1.31 bits per heavy atom. The van der Waals surface area contributed by atoms with Crippen molar-refractivity contribution in [1.29, 1.82) is 0 Å². The van der Waals surface area contributed by atoms with Crippen molar-refractivity contribution in [2.45, 2.75) is 11.3 Å². The molecule has 0 saturated heterocycles. The second-order valence-electron chi connectivity index (χ2n) is 2.58. The minimum absolute atomic E-state index is 0.0334. The fourth-order valence-electron chi connectivity index (χ4n) is 0.838. The highest BCUT2D eigenvalue weighted by Crippen LogP contribution is 2.33. The van der Waals surface area contributed by atoms with Gasteiger partial charge in [0.1, 0.15) is 5.75 Å². The fraction of sp³-hybridized carbons (Fsp3) is 0.143. The molecular weight excluding hydrogens is 336 g/mol. The minimum Gasteiger partial charge on any atom is -0.405 e. The third-order valence-corrected chi connectivity index (χ3v) is 3.42. The van der Waals surface area contributed by atoms with Crippen LogP contribution in [0.15, 0.2) is 27.6 Å². The molecule has 0 saturated carbocycles. The first-order chi connectivity index (χ1) is 7.09. The van der Waals surface area contributed by atoms with Crippen LogP contribution in [0.4, 0.5) is 13.2 Å². The average molecular weight is 340 g/mol. The van der Waals surface area contributed by atoms with Crippen molar-refractivity contribution in [2.24, 2.45) is 0 Å². The Bertz CT molecular complexity index is 500. The van der Waals surface area contributed by atoms with E-state index in [1.807, 2.05) is 0 Å². The first-order valence-corrected chi connectivity index (χ1v) is 6.70. The number of hydrogen-bond acceptors (Lipinski definition) is 3. The molecule has 0 aromatic heterocycles. The molecule has 9 heteroatoms. The lowest BCUT2D eigenvalue weighted by atomic mass is 10.3. The molecule has 0 bridgehead atoms. The summed E-state index contributed by atoms with van der Waals surface area (Å²) in [5, 5.41) is 0. The van der Waals surface area contributed by atoms with Crippen LogP contribution in [0.25, 0.3) is 0 Å². The topological polar surface area (TPSA) is 43.4 Å². The average Bonchev–Trinajstić information content (AvgIpc) is 2.04. The molecule has 0 aliphatic heterocycles. The second kappa shape index (κ2) is 4.42. The number of halogens is 5. The summed E-state index contributed by atoms with van der Waals surface area (Å²) in [7, 11) is 0.881. The molecule has 1 rings (SSSR count). The van der Waals surface area contributed by atoms with Crippen molar-refractivity contribution in [1.82, 2.24) is 0 Å². The fourth-order valence-corrected chi connectivity index (χ4v) is 1.93. The summed E-state index contributed by atoms with van der Waals surface area (Å²) in [6.45, 7) is 0. The maximum absolute atomic E-state index is 11.9. The summed E-state index contributed by atoms with van der Waals surface area (Å²) < 4.78 is 61.1. The molecule has 0 amide bonds. The first-order valence-electron chi connectivity index (χ1n) is 3.59. The second-order valence-corrected chi connectivity index (χ2v) is 6.00. The minimum atomic E-state index is -4.91. The van der Waals surface area contributed by atoms with E-state index in [4.69, 9.17) is 10.7 Å². The number of benzene rings is 1. The van der Waals surface area contributed by atoms with E-state index in [-0.39, 0.29) is 4.47 Å². The van der Waals surface area contributed by atoms with Crippen LogP contribution in [0.3, 0.4) is 0 Å². The highest BCUT2D eigenvalue weighted by Gasteiger charge is 2.32. The van der Waals surface area contributed by atoms with Gasteiger partial charge in [-0.05, 0) is 28.1 Å². The van der Waals surface area contributed by atoms with Crippen LogP contribution < -0.4 is 4.74 Å². The molecule has 0 fully saturated rings. The summed E-state index contributed by atoms with van der Waals surface area (Å²) in [4.78, 5) is -0.475. The lowest BCUT2D eigenvalue weighted by molar-refractivity contribution is -0.275. The van der Waals surface area contributed by atoms with Gasteiger partial charge in [0.15, 0.2) is 0 Å². The van der Waals surface area contributed by atoms with Gasteiger partial charge in [0.05, 0.1) is 9.37 Å².